The number of H-pyrrole nitrogens is 1. The summed E-state index contributed by atoms with van der Waals surface area (Å²) in [5, 5.41) is 0.282. The summed E-state index contributed by atoms with van der Waals surface area (Å²) in [5.41, 5.74) is 4.68. The smallest absolute Gasteiger partial charge is 0.357 e. The molecular weight excluding hydrogens is 114 g/mol. The van der Waals surface area contributed by atoms with E-state index in [-0.39, 0.29) is 10.8 Å². The normalized spacial score (nSPS) is 9.14. The van der Waals surface area contributed by atoms with Gasteiger partial charge in [0.15, 0.2) is 0 Å². The van der Waals surface area contributed by atoms with E-state index in [1.807, 2.05) is 0 Å². The maximum Gasteiger partial charge on any atom is 0.357 e. The van der Waals surface area contributed by atoms with Crippen molar-refractivity contribution >= 4 is 16.7 Å². The van der Waals surface area contributed by atoms with E-state index in [2.05, 4.69) is 9.36 Å². The Hall–Kier alpha value is -0.840. The van der Waals surface area contributed by atoms with Crippen LogP contribution < -0.4 is 11.4 Å². The molecule has 0 saturated carbocycles. The summed E-state index contributed by atoms with van der Waals surface area (Å²) in [6.45, 7) is 0. The third-order valence-corrected chi connectivity index (χ3v) is 1.03. The lowest BCUT2D eigenvalue weighted by Gasteiger charge is -1.64. The molecule has 38 valence electrons. The second kappa shape index (κ2) is 1.34. The molecule has 3 N–H and O–H groups in total. The molecule has 4 nitrogen and oxygen atoms in total. The molecule has 0 aliphatic heterocycles. The molecule has 0 fully saturated rings. The van der Waals surface area contributed by atoms with Crippen LogP contribution in [0.15, 0.2) is 4.79 Å². The van der Waals surface area contributed by atoms with Gasteiger partial charge in [-0.05, 0) is 11.5 Å². The van der Waals surface area contributed by atoms with Gasteiger partial charge in [-0.1, -0.05) is 0 Å². The van der Waals surface area contributed by atoms with Crippen LogP contribution in [0, 0.1) is 0 Å². The largest absolute Gasteiger partial charge is 0.374 e. The van der Waals surface area contributed by atoms with Crippen molar-refractivity contribution in [3.05, 3.63) is 10.5 Å². The SMILES string of the molecule is Nc1nc(=O)[nH]s1. The number of nitrogen functional groups attached to an aromatic ring is 1. The molecule has 0 bridgehead atoms. The standard InChI is InChI=1S/C2H3N3OS/c3-1-4-2(6)5-7-1/h(H3,3,4,5,6). The lowest BCUT2D eigenvalue weighted by atomic mass is 11.2. The fourth-order valence-corrected chi connectivity index (χ4v) is 0.608. The summed E-state index contributed by atoms with van der Waals surface area (Å²) in [6, 6.07) is 0. The van der Waals surface area contributed by atoms with Gasteiger partial charge in [0.05, 0.1) is 0 Å². The second-order valence-corrected chi connectivity index (χ2v) is 1.79. The van der Waals surface area contributed by atoms with Crippen molar-refractivity contribution in [3.63, 3.8) is 0 Å². The first-order valence-electron chi connectivity index (χ1n) is 1.60. The highest BCUT2D eigenvalue weighted by Crippen LogP contribution is 1.93. The van der Waals surface area contributed by atoms with Crippen LogP contribution in [0.4, 0.5) is 5.13 Å². The highest BCUT2D eigenvalue weighted by molar-refractivity contribution is 7.09. The van der Waals surface area contributed by atoms with Gasteiger partial charge in [-0.15, -0.1) is 0 Å². The van der Waals surface area contributed by atoms with Gasteiger partial charge >= 0.3 is 5.69 Å². The summed E-state index contributed by atoms with van der Waals surface area (Å²) in [6.07, 6.45) is 0. The molecule has 5 heteroatoms. The molecule has 0 amide bonds. The minimum Gasteiger partial charge on any atom is -0.374 e. The summed E-state index contributed by atoms with van der Waals surface area (Å²) in [4.78, 5) is 13.4. The number of aromatic amines is 1. The predicted molar refractivity (Wildman–Crippen MR) is 27.1 cm³/mol. The zero-order valence-electron chi connectivity index (χ0n) is 3.34. The van der Waals surface area contributed by atoms with Gasteiger partial charge < -0.3 is 5.73 Å². The van der Waals surface area contributed by atoms with E-state index in [1.165, 1.54) is 0 Å². The highest BCUT2D eigenvalue weighted by Gasteiger charge is 1.86. The minimum absolute atomic E-state index is 0.282. The number of rotatable bonds is 0. The van der Waals surface area contributed by atoms with Crippen molar-refractivity contribution in [3.8, 4) is 0 Å². The Labute approximate surface area is 43.2 Å². The van der Waals surface area contributed by atoms with Crippen LogP contribution in [-0.2, 0) is 0 Å². The molecule has 0 aromatic carbocycles. The van der Waals surface area contributed by atoms with Gasteiger partial charge in [0.2, 0.25) is 5.13 Å². The molecular formula is C2H3N3OS. The number of nitrogens with one attached hydrogen (secondary N) is 1. The zero-order valence-corrected chi connectivity index (χ0v) is 4.16. The Morgan fingerprint density at radius 2 is 2.57 bits per heavy atom. The Morgan fingerprint density at radius 1 is 1.86 bits per heavy atom. The van der Waals surface area contributed by atoms with Gasteiger partial charge in [0, 0.05) is 0 Å². The van der Waals surface area contributed by atoms with Crippen LogP contribution in [0.5, 0.6) is 0 Å². The number of hydrogen-bond acceptors (Lipinski definition) is 4. The van der Waals surface area contributed by atoms with Crippen LogP contribution >= 0.6 is 11.5 Å². The molecule has 1 rings (SSSR count). The average molecular weight is 117 g/mol. The summed E-state index contributed by atoms with van der Waals surface area (Å²) in [5.74, 6) is 0. The highest BCUT2D eigenvalue weighted by atomic mass is 32.1. The fourth-order valence-electron chi connectivity index (χ4n) is 0.242. The fraction of sp³-hybridized carbons (Fsp3) is 0. The second-order valence-electron chi connectivity index (χ2n) is 0.959. The lowest BCUT2D eigenvalue weighted by molar-refractivity contribution is 1.21. The molecule has 0 radical (unpaired) electrons. The van der Waals surface area contributed by atoms with Crippen LogP contribution in [0.25, 0.3) is 0 Å². The Bertz CT molecular complexity index is 201. The first kappa shape index (κ1) is 4.32. The van der Waals surface area contributed by atoms with Gasteiger partial charge in [-0.3, -0.25) is 4.37 Å². The van der Waals surface area contributed by atoms with Gasteiger partial charge in [-0.25, -0.2) is 4.79 Å². The molecule has 0 unspecified atom stereocenters. The van der Waals surface area contributed by atoms with Crippen molar-refractivity contribution in [2.24, 2.45) is 0 Å². The first-order chi connectivity index (χ1) is 3.29. The van der Waals surface area contributed by atoms with E-state index >= 15 is 0 Å². The van der Waals surface area contributed by atoms with E-state index in [4.69, 9.17) is 5.73 Å². The number of aromatic nitrogens is 2. The first-order valence-corrected chi connectivity index (χ1v) is 2.41. The van der Waals surface area contributed by atoms with E-state index in [0.29, 0.717) is 0 Å². The van der Waals surface area contributed by atoms with Gasteiger partial charge in [0.25, 0.3) is 0 Å². The molecule has 0 aliphatic rings. The Kier molecular flexibility index (Phi) is 0.828. The minimum atomic E-state index is -0.373. The van der Waals surface area contributed by atoms with E-state index < -0.39 is 0 Å². The number of anilines is 1. The topological polar surface area (TPSA) is 71.8 Å². The van der Waals surface area contributed by atoms with Crippen molar-refractivity contribution in [1.82, 2.24) is 9.36 Å². The quantitative estimate of drug-likeness (QED) is 0.477. The maximum atomic E-state index is 10.1. The van der Waals surface area contributed by atoms with E-state index in [9.17, 15) is 4.79 Å². The van der Waals surface area contributed by atoms with Crippen molar-refractivity contribution in [2.45, 2.75) is 0 Å². The van der Waals surface area contributed by atoms with Crippen molar-refractivity contribution < 1.29 is 0 Å². The molecule has 0 spiro atoms. The molecule has 1 aromatic heterocycles. The molecule has 1 aromatic rings. The van der Waals surface area contributed by atoms with Crippen LogP contribution in [0.3, 0.4) is 0 Å². The number of nitrogens with zero attached hydrogens (tertiary/aromatic N) is 1. The third-order valence-electron chi connectivity index (χ3n) is 0.455. The number of nitrogens with two attached hydrogens (primary N) is 1. The van der Waals surface area contributed by atoms with Crippen LogP contribution in [-0.4, -0.2) is 9.36 Å². The Morgan fingerprint density at radius 3 is 2.71 bits per heavy atom. The molecule has 7 heavy (non-hydrogen) atoms. The number of hydrogen-bond donors (Lipinski definition) is 2. The molecule has 0 atom stereocenters. The lowest BCUT2D eigenvalue weighted by Crippen LogP contribution is -2.00. The average Bonchev–Trinajstić information content (AvgIpc) is 1.87. The summed E-state index contributed by atoms with van der Waals surface area (Å²) < 4.78 is 2.32. The Balaban J connectivity index is 3.30. The van der Waals surface area contributed by atoms with Crippen LogP contribution in [0.1, 0.15) is 0 Å². The van der Waals surface area contributed by atoms with Gasteiger partial charge in [0.1, 0.15) is 0 Å². The van der Waals surface area contributed by atoms with Crippen molar-refractivity contribution in [2.75, 3.05) is 5.73 Å². The third kappa shape index (κ3) is 0.774. The summed E-state index contributed by atoms with van der Waals surface area (Å²) in [7, 11) is 0. The monoisotopic (exact) mass is 117 g/mol. The van der Waals surface area contributed by atoms with E-state index in [0.717, 1.165) is 11.5 Å². The molecule has 0 aliphatic carbocycles. The van der Waals surface area contributed by atoms with E-state index in [1.54, 1.807) is 0 Å². The molecule has 1 heterocycles. The van der Waals surface area contributed by atoms with Gasteiger partial charge in [-0.2, -0.15) is 4.98 Å². The van der Waals surface area contributed by atoms with Crippen LogP contribution in [0.2, 0.25) is 0 Å². The zero-order chi connectivity index (χ0) is 5.28. The molecule has 0 saturated heterocycles. The van der Waals surface area contributed by atoms with Crippen molar-refractivity contribution in [1.29, 1.82) is 0 Å². The summed E-state index contributed by atoms with van der Waals surface area (Å²) >= 11 is 1.03. The predicted octanol–water partition coefficient (Wildman–Crippen LogP) is -0.586. The maximum absolute atomic E-state index is 10.1.